The Labute approximate surface area is 105 Å². The Balaban J connectivity index is 2.38. The molecule has 7 heteroatoms. The highest BCUT2D eigenvalue weighted by molar-refractivity contribution is 7.89. The number of benzene rings is 1. The van der Waals surface area contributed by atoms with Gasteiger partial charge in [0.15, 0.2) is 5.75 Å². The van der Waals surface area contributed by atoms with Crippen molar-refractivity contribution in [3.8, 4) is 5.75 Å². The fourth-order valence-corrected chi connectivity index (χ4v) is 3.18. The molecule has 1 saturated carbocycles. The van der Waals surface area contributed by atoms with Crippen LogP contribution in [0.3, 0.4) is 0 Å². The zero-order valence-corrected chi connectivity index (χ0v) is 10.8. The van der Waals surface area contributed by atoms with Crippen LogP contribution in [0.4, 0.5) is 5.69 Å². The molecule has 0 atom stereocenters. The van der Waals surface area contributed by atoms with Crippen LogP contribution in [0, 0.1) is 0 Å². The van der Waals surface area contributed by atoms with E-state index in [1.807, 2.05) is 0 Å². The van der Waals surface area contributed by atoms with E-state index in [4.69, 9.17) is 22.1 Å². The highest BCUT2D eigenvalue weighted by Crippen LogP contribution is 2.34. The Morgan fingerprint density at radius 1 is 1.47 bits per heavy atom. The number of methoxy groups -OCH3 is 1. The van der Waals surface area contributed by atoms with E-state index in [9.17, 15) is 8.42 Å². The minimum Gasteiger partial charge on any atom is -0.493 e. The molecular weight excluding hydrogens is 264 g/mol. The maximum Gasteiger partial charge on any atom is 0.240 e. The molecule has 1 aliphatic carbocycles. The number of hydrogen-bond acceptors (Lipinski definition) is 4. The molecule has 0 unspecified atom stereocenters. The van der Waals surface area contributed by atoms with Gasteiger partial charge in [0.25, 0.3) is 0 Å². The summed E-state index contributed by atoms with van der Waals surface area (Å²) < 4.78 is 31.4. The third-order valence-electron chi connectivity index (χ3n) is 2.46. The van der Waals surface area contributed by atoms with Crippen molar-refractivity contribution in [2.75, 3.05) is 12.8 Å². The summed E-state index contributed by atoms with van der Waals surface area (Å²) >= 11 is 5.90. The average Bonchev–Trinajstić information content (AvgIpc) is 3.00. The molecule has 1 aromatic carbocycles. The van der Waals surface area contributed by atoms with Gasteiger partial charge in [-0.3, -0.25) is 0 Å². The lowest BCUT2D eigenvalue weighted by molar-refractivity contribution is 0.417. The van der Waals surface area contributed by atoms with Crippen molar-refractivity contribution in [3.63, 3.8) is 0 Å². The van der Waals surface area contributed by atoms with Gasteiger partial charge in [-0.15, -0.1) is 0 Å². The molecule has 0 saturated heterocycles. The highest BCUT2D eigenvalue weighted by atomic mass is 35.5. The van der Waals surface area contributed by atoms with Crippen molar-refractivity contribution in [3.05, 3.63) is 17.2 Å². The summed E-state index contributed by atoms with van der Waals surface area (Å²) in [5.74, 6) is 0.289. The maximum atomic E-state index is 11.9. The normalized spacial score (nSPS) is 15.9. The summed E-state index contributed by atoms with van der Waals surface area (Å²) in [6.45, 7) is 0. The molecule has 17 heavy (non-hydrogen) atoms. The molecule has 1 fully saturated rings. The summed E-state index contributed by atoms with van der Waals surface area (Å²) in [5.41, 5.74) is 5.88. The number of rotatable bonds is 4. The van der Waals surface area contributed by atoms with Crippen LogP contribution in [0.1, 0.15) is 12.8 Å². The van der Waals surface area contributed by atoms with Crippen molar-refractivity contribution in [1.29, 1.82) is 0 Å². The number of hydrogen-bond donors (Lipinski definition) is 2. The number of halogens is 1. The number of anilines is 1. The van der Waals surface area contributed by atoms with Crippen molar-refractivity contribution in [2.45, 2.75) is 23.8 Å². The minimum absolute atomic E-state index is 0.0436. The maximum absolute atomic E-state index is 11.9. The lowest BCUT2D eigenvalue weighted by Gasteiger charge is -2.10. The quantitative estimate of drug-likeness (QED) is 0.814. The summed E-state index contributed by atoms with van der Waals surface area (Å²) in [7, 11) is -2.11. The first-order chi connectivity index (χ1) is 7.94. The largest absolute Gasteiger partial charge is 0.493 e. The first kappa shape index (κ1) is 12.5. The summed E-state index contributed by atoms with van der Waals surface area (Å²) in [5, 5.41) is 0.184. The van der Waals surface area contributed by atoms with E-state index in [0.717, 1.165) is 12.8 Å². The van der Waals surface area contributed by atoms with Gasteiger partial charge in [-0.2, -0.15) is 0 Å². The first-order valence-corrected chi connectivity index (χ1v) is 6.95. The number of nitrogens with two attached hydrogens (primary N) is 1. The fraction of sp³-hybridized carbons (Fsp3) is 0.400. The molecule has 5 nitrogen and oxygen atoms in total. The number of nitrogens with one attached hydrogen (secondary N) is 1. The van der Waals surface area contributed by atoms with Gasteiger partial charge in [0.2, 0.25) is 10.0 Å². The van der Waals surface area contributed by atoms with Gasteiger partial charge in [-0.1, -0.05) is 11.6 Å². The molecular formula is C10H13ClN2O3S. The van der Waals surface area contributed by atoms with Gasteiger partial charge in [0, 0.05) is 6.04 Å². The van der Waals surface area contributed by atoms with Crippen LogP contribution in [0.25, 0.3) is 0 Å². The molecule has 3 N–H and O–H groups in total. The van der Waals surface area contributed by atoms with Gasteiger partial charge in [-0.05, 0) is 25.0 Å². The second-order valence-corrected chi connectivity index (χ2v) is 6.04. The van der Waals surface area contributed by atoms with Crippen molar-refractivity contribution < 1.29 is 13.2 Å². The third kappa shape index (κ3) is 2.65. The smallest absolute Gasteiger partial charge is 0.240 e. The number of ether oxygens (including phenoxy) is 1. The van der Waals surface area contributed by atoms with Crippen molar-refractivity contribution >= 4 is 27.3 Å². The zero-order valence-electron chi connectivity index (χ0n) is 9.23. The predicted molar refractivity (Wildman–Crippen MR) is 65.8 cm³/mol. The van der Waals surface area contributed by atoms with Gasteiger partial charge in [0.05, 0.1) is 22.7 Å². The fourth-order valence-electron chi connectivity index (χ4n) is 1.45. The zero-order chi connectivity index (χ0) is 12.6. The molecule has 0 bridgehead atoms. The van der Waals surface area contributed by atoms with Crippen molar-refractivity contribution in [2.24, 2.45) is 0 Å². The molecule has 0 amide bonds. The molecule has 1 aliphatic rings. The van der Waals surface area contributed by atoms with Crippen molar-refractivity contribution in [1.82, 2.24) is 4.72 Å². The lowest BCUT2D eigenvalue weighted by atomic mass is 10.3. The molecule has 1 aromatic rings. The summed E-state index contributed by atoms with van der Waals surface area (Å²) in [6, 6.07) is 2.72. The molecule has 0 heterocycles. The Morgan fingerprint density at radius 2 is 2.12 bits per heavy atom. The topological polar surface area (TPSA) is 81.4 Å². The standard InChI is InChI=1S/C10H13ClN2O3S/c1-16-10-8(11)4-7(5-9(10)12)17(14,15)13-6-2-3-6/h4-6,13H,2-3,12H2,1H3. The Kier molecular flexibility index (Phi) is 3.20. The van der Waals surface area contributed by atoms with E-state index in [1.54, 1.807) is 0 Å². The van der Waals surface area contributed by atoms with Crippen LogP contribution >= 0.6 is 11.6 Å². The molecule has 0 aliphatic heterocycles. The summed E-state index contributed by atoms with van der Waals surface area (Å²) in [4.78, 5) is 0.0627. The Hall–Kier alpha value is -0.980. The first-order valence-electron chi connectivity index (χ1n) is 5.09. The van der Waals surface area contributed by atoms with Crippen LogP contribution < -0.4 is 15.2 Å². The van der Waals surface area contributed by atoms with Crippen LogP contribution in [0.15, 0.2) is 17.0 Å². The van der Waals surface area contributed by atoms with Crippen LogP contribution in [0.5, 0.6) is 5.75 Å². The van der Waals surface area contributed by atoms with Crippen LogP contribution in [0.2, 0.25) is 5.02 Å². The lowest BCUT2D eigenvalue weighted by Crippen LogP contribution is -2.25. The van der Waals surface area contributed by atoms with E-state index >= 15 is 0 Å². The molecule has 94 valence electrons. The molecule has 0 spiro atoms. The van der Waals surface area contributed by atoms with E-state index in [2.05, 4.69) is 4.72 Å². The van der Waals surface area contributed by atoms with Gasteiger partial charge in [0.1, 0.15) is 0 Å². The van der Waals surface area contributed by atoms with Gasteiger partial charge < -0.3 is 10.5 Å². The monoisotopic (exact) mass is 276 g/mol. The minimum atomic E-state index is -3.54. The van der Waals surface area contributed by atoms with Gasteiger partial charge in [-0.25, -0.2) is 13.1 Å². The van der Waals surface area contributed by atoms with E-state index in [-0.39, 0.29) is 27.4 Å². The van der Waals surface area contributed by atoms with Crippen LogP contribution in [-0.4, -0.2) is 21.6 Å². The number of nitrogen functional groups attached to an aromatic ring is 1. The van der Waals surface area contributed by atoms with E-state index < -0.39 is 10.0 Å². The van der Waals surface area contributed by atoms with Crippen LogP contribution in [-0.2, 0) is 10.0 Å². The molecule has 0 aromatic heterocycles. The van der Waals surface area contributed by atoms with E-state index in [1.165, 1.54) is 19.2 Å². The SMILES string of the molecule is COc1c(N)cc(S(=O)(=O)NC2CC2)cc1Cl. The Morgan fingerprint density at radius 3 is 2.59 bits per heavy atom. The predicted octanol–water partition coefficient (Wildman–Crippen LogP) is 1.37. The molecule has 0 radical (unpaired) electrons. The molecule has 2 rings (SSSR count). The Bertz CT molecular complexity index is 517. The summed E-state index contributed by atoms with van der Waals surface area (Å²) in [6.07, 6.45) is 1.75. The third-order valence-corrected chi connectivity index (χ3v) is 4.24. The number of sulfonamides is 1. The average molecular weight is 277 g/mol. The highest BCUT2D eigenvalue weighted by Gasteiger charge is 2.28. The second-order valence-electron chi connectivity index (χ2n) is 3.92. The van der Waals surface area contributed by atoms with E-state index in [0.29, 0.717) is 0 Å². The second kappa shape index (κ2) is 4.36. The van der Waals surface area contributed by atoms with Gasteiger partial charge >= 0.3 is 0 Å².